The molecule has 2 nitrogen and oxygen atoms in total. The molecule has 3 rings (SSSR count). The van der Waals surface area contributed by atoms with Crippen molar-refractivity contribution >= 4 is 22.6 Å². The van der Waals surface area contributed by atoms with Gasteiger partial charge in [0.15, 0.2) is 0 Å². The molecule has 3 heteroatoms. The molecule has 1 aromatic heterocycles. The molecule has 0 radical (unpaired) electrons. The van der Waals surface area contributed by atoms with Crippen LogP contribution in [0.25, 0.3) is 11.0 Å². The fraction of sp³-hybridized carbons (Fsp3) is 0.588. The van der Waals surface area contributed by atoms with Crippen LogP contribution in [0.5, 0.6) is 0 Å². The topological polar surface area (TPSA) is 17.8 Å². The highest BCUT2D eigenvalue weighted by Gasteiger charge is 2.27. The SMILES string of the molecule is Cc1ccc2nc(C(C)Cl)n(C(C)C3CCCC3)c2c1. The van der Waals surface area contributed by atoms with Crippen LogP contribution in [0.3, 0.4) is 0 Å². The first-order chi connectivity index (χ1) is 9.58. The largest absolute Gasteiger partial charge is 0.324 e. The molecular formula is C17H23ClN2. The maximum atomic E-state index is 6.39. The number of hydrogen-bond donors (Lipinski definition) is 0. The minimum atomic E-state index is -0.0495. The van der Waals surface area contributed by atoms with Gasteiger partial charge in [0.2, 0.25) is 0 Å². The Bertz CT molecular complexity index is 609. The number of rotatable bonds is 3. The van der Waals surface area contributed by atoms with E-state index in [0.29, 0.717) is 6.04 Å². The molecule has 108 valence electrons. The number of nitrogens with zero attached hydrogens (tertiary/aromatic N) is 2. The smallest absolute Gasteiger partial charge is 0.127 e. The Kier molecular flexibility index (Phi) is 3.76. The third-order valence-electron chi connectivity index (χ3n) is 4.72. The number of hydrogen-bond acceptors (Lipinski definition) is 1. The van der Waals surface area contributed by atoms with Crippen molar-refractivity contribution in [3.8, 4) is 0 Å². The van der Waals surface area contributed by atoms with Crippen LogP contribution in [0.4, 0.5) is 0 Å². The summed E-state index contributed by atoms with van der Waals surface area (Å²) in [7, 11) is 0. The third-order valence-corrected chi connectivity index (χ3v) is 4.91. The van der Waals surface area contributed by atoms with Gasteiger partial charge in [0, 0.05) is 6.04 Å². The third kappa shape index (κ3) is 2.35. The van der Waals surface area contributed by atoms with Gasteiger partial charge in [-0.2, -0.15) is 0 Å². The first kappa shape index (κ1) is 13.9. The maximum Gasteiger partial charge on any atom is 0.127 e. The predicted molar refractivity (Wildman–Crippen MR) is 85.4 cm³/mol. The van der Waals surface area contributed by atoms with Gasteiger partial charge in [-0.3, -0.25) is 0 Å². The maximum absolute atomic E-state index is 6.39. The number of aryl methyl sites for hydroxylation is 1. The van der Waals surface area contributed by atoms with E-state index in [9.17, 15) is 0 Å². The standard InChI is InChI=1S/C17H23ClN2/c1-11-8-9-15-16(10-11)20(17(19-15)12(2)18)13(3)14-6-4-5-7-14/h8-10,12-14H,4-7H2,1-3H3. The lowest BCUT2D eigenvalue weighted by molar-refractivity contribution is 0.359. The summed E-state index contributed by atoms with van der Waals surface area (Å²) in [5.74, 6) is 1.79. The zero-order valence-electron chi connectivity index (χ0n) is 12.6. The summed E-state index contributed by atoms with van der Waals surface area (Å²) < 4.78 is 2.40. The van der Waals surface area contributed by atoms with Crippen LogP contribution in [0.15, 0.2) is 18.2 Å². The van der Waals surface area contributed by atoms with Crippen LogP contribution in [0, 0.1) is 12.8 Å². The molecule has 0 saturated heterocycles. The van der Waals surface area contributed by atoms with Crippen LogP contribution in [-0.4, -0.2) is 9.55 Å². The van der Waals surface area contributed by atoms with Crippen molar-refractivity contribution in [1.29, 1.82) is 0 Å². The monoisotopic (exact) mass is 290 g/mol. The first-order valence-corrected chi connectivity index (χ1v) is 8.14. The fourth-order valence-electron chi connectivity index (χ4n) is 3.58. The zero-order chi connectivity index (χ0) is 14.3. The van der Waals surface area contributed by atoms with Crippen LogP contribution < -0.4 is 0 Å². The normalized spacial score (nSPS) is 19.6. The molecule has 0 amide bonds. The van der Waals surface area contributed by atoms with E-state index in [0.717, 1.165) is 17.3 Å². The quantitative estimate of drug-likeness (QED) is 0.692. The fourth-order valence-corrected chi connectivity index (χ4v) is 3.73. The molecule has 0 N–H and O–H groups in total. The summed E-state index contributed by atoms with van der Waals surface area (Å²) in [5.41, 5.74) is 3.60. The van der Waals surface area contributed by atoms with Crippen molar-refractivity contribution in [3.63, 3.8) is 0 Å². The molecule has 20 heavy (non-hydrogen) atoms. The summed E-state index contributed by atoms with van der Waals surface area (Å²) in [6, 6.07) is 6.98. The Labute approximate surface area is 126 Å². The molecule has 2 unspecified atom stereocenters. The van der Waals surface area contributed by atoms with Crippen molar-refractivity contribution in [2.24, 2.45) is 5.92 Å². The molecule has 1 aliphatic rings. The molecule has 0 aliphatic heterocycles. The summed E-state index contributed by atoms with van der Waals surface area (Å²) in [6.45, 7) is 6.50. The zero-order valence-corrected chi connectivity index (χ0v) is 13.3. The number of fused-ring (bicyclic) bond motifs is 1. The Morgan fingerprint density at radius 2 is 1.95 bits per heavy atom. The van der Waals surface area contributed by atoms with Crippen LogP contribution in [-0.2, 0) is 0 Å². The average molecular weight is 291 g/mol. The van der Waals surface area contributed by atoms with Gasteiger partial charge >= 0.3 is 0 Å². The molecule has 2 aromatic rings. The average Bonchev–Trinajstić information content (AvgIpc) is 3.04. The Morgan fingerprint density at radius 1 is 1.25 bits per heavy atom. The van der Waals surface area contributed by atoms with E-state index in [4.69, 9.17) is 16.6 Å². The van der Waals surface area contributed by atoms with E-state index in [1.807, 2.05) is 6.92 Å². The predicted octanol–water partition coefficient (Wildman–Crippen LogP) is 5.40. The summed E-state index contributed by atoms with van der Waals surface area (Å²) in [4.78, 5) is 4.78. The van der Waals surface area contributed by atoms with E-state index >= 15 is 0 Å². The Hall–Kier alpha value is -1.02. The molecule has 1 aromatic carbocycles. The number of aromatic nitrogens is 2. The van der Waals surface area contributed by atoms with Gasteiger partial charge in [0.25, 0.3) is 0 Å². The van der Waals surface area contributed by atoms with E-state index in [1.54, 1.807) is 0 Å². The van der Waals surface area contributed by atoms with Crippen molar-refractivity contribution in [2.75, 3.05) is 0 Å². The second-order valence-corrected chi connectivity index (χ2v) is 6.89. The van der Waals surface area contributed by atoms with Gasteiger partial charge < -0.3 is 4.57 Å². The highest BCUT2D eigenvalue weighted by molar-refractivity contribution is 6.20. The minimum absolute atomic E-state index is 0.0495. The van der Waals surface area contributed by atoms with Crippen molar-refractivity contribution in [3.05, 3.63) is 29.6 Å². The van der Waals surface area contributed by atoms with E-state index in [1.165, 1.54) is 36.8 Å². The highest BCUT2D eigenvalue weighted by Crippen LogP contribution is 2.38. The number of halogens is 1. The second kappa shape index (κ2) is 5.40. The van der Waals surface area contributed by atoms with E-state index in [2.05, 4.69) is 36.6 Å². The van der Waals surface area contributed by atoms with Gasteiger partial charge in [-0.1, -0.05) is 18.9 Å². The van der Waals surface area contributed by atoms with Gasteiger partial charge in [0.05, 0.1) is 16.4 Å². The lowest BCUT2D eigenvalue weighted by atomic mass is 9.99. The summed E-state index contributed by atoms with van der Waals surface area (Å²) >= 11 is 6.39. The molecule has 1 aliphatic carbocycles. The molecule has 1 saturated carbocycles. The molecular weight excluding hydrogens is 268 g/mol. The minimum Gasteiger partial charge on any atom is -0.324 e. The summed E-state index contributed by atoms with van der Waals surface area (Å²) in [5, 5.41) is -0.0495. The molecule has 2 atom stereocenters. The van der Waals surface area contributed by atoms with Gasteiger partial charge in [-0.05, 0) is 57.2 Å². The Balaban J connectivity index is 2.14. The van der Waals surface area contributed by atoms with Gasteiger partial charge in [-0.25, -0.2) is 4.98 Å². The van der Waals surface area contributed by atoms with Crippen molar-refractivity contribution in [2.45, 2.75) is 57.9 Å². The van der Waals surface area contributed by atoms with Crippen molar-refractivity contribution in [1.82, 2.24) is 9.55 Å². The van der Waals surface area contributed by atoms with Gasteiger partial charge in [0.1, 0.15) is 5.82 Å². The lowest BCUT2D eigenvalue weighted by Crippen LogP contribution is -2.17. The number of alkyl halides is 1. The van der Waals surface area contributed by atoms with Crippen molar-refractivity contribution < 1.29 is 0 Å². The van der Waals surface area contributed by atoms with Gasteiger partial charge in [-0.15, -0.1) is 11.6 Å². The first-order valence-electron chi connectivity index (χ1n) is 7.70. The second-order valence-electron chi connectivity index (χ2n) is 6.23. The number of imidazole rings is 1. The molecule has 1 heterocycles. The summed E-state index contributed by atoms with van der Waals surface area (Å²) in [6.07, 6.45) is 5.41. The van der Waals surface area contributed by atoms with E-state index in [-0.39, 0.29) is 5.38 Å². The van der Waals surface area contributed by atoms with Crippen LogP contribution in [0.1, 0.15) is 62.3 Å². The van der Waals surface area contributed by atoms with E-state index < -0.39 is 0 Å². The van der Waals surface area contributed by atoms with Crippen LogP contribution >= 0.6 is 11.6 Å². The lowest BCUT2D eigenvalue weighted by Gasteiger charge is -2.24. The van der Waals surface area contributed by atoms with Crippen LogP contribution in [0.2, 0.25) is 0 Å². The highest BCUT2D eigenvalue weighted by atomic mass is 35.5. The molecule has 0 spiro atoms. The Morgan fingerprint density at radius 3 is 2.60 bits per heavy atom. The number of benzene rings is 1. The molecule has 0 bridgehead atoms. The molecule has 1 fully saturated rings.